The molecule has 0 spiro atoms. The van der Waals surface area contributed by atoms with Crippen LogP contribution in [0.4, 0.5) is 14.5 Å². The first-order valence-electron chi connectivity index (χ1n) is 4.12. The third-order valence-corrected chi connectivity index (χ3v) is 1.93. The van der Waals surface area contributed by atoms with Gasteiger partial charge in [-0.1, -0.05) is 12.2 Å². The van der Waals surface area contributed by atoms with Gasteiger partial charge in [0.25, 0.3) is 0 Å². The second-order valence-corrected chi connectivity index (χ2v) is 3.13. The van der Waals surface area contributed by atoms with E-state index in [-0.39, 0.29) is 11.3 Å². The number of alkyl halides is 1. The number of benzene rings is 1. The molecule has 0 radical (unpaired) electrons. The highest BCUT2D eigenvalue weighted by molar-refractivity contribution is 6.17. The van der Waals surface area contributed by atoms with E-state index in [4.69, 9.17) is 17.3 Å². The highest BCUT2D eigenvalue weighted by Gasteiger charge is 2.08. The first kappa shape index (κ1) is 11.0. The number of nitrogens with two attached hydrogens (primary N) is 1. The lowest BCUT2D eigenvalue weighted by Gasteiger charge is -2.00. The van der Waals surface area contributed by atoms with Crippen LogP contribution in [0, 0.1) is 11.6 Å². The van der Waals surface area contributed by atoms with E-state index in [0.717, 1.165) is 0 Å². The van der Waals surface area contributed by atoms with Crippen molar-refractivity contribution in [3.05, 3.63) is 35.4 Å². The van der Waals surface area contributed by atoms with Gasteiger partial charge in [-0.05, 0) is 18.6 Å². The lowest BCUT2D eigenvalue weighted by molar-refractivity contribution is 0.510. The van der Waals surface area contributed by atoms with E-state index in [9.17, 15) is 8.78 Å². The molecular weight excluding hydrogens is 208 g/mol. The Bertz CT molecular complexity index is 350. The Morgan fingerprint density at radius 2 is 2.00 bits per heavy atom. The third-order valence-electron chi connectivity index (χ3n) is 1.72. The van der Waals surface area contributed by atoms with Gasteiger partial charge in [-0.25, -0.2) is 8.78 Å². The normalized spacial score (nSPS) is 11.1. The van der Waals surface area contributed by atoms with E-state index in [1.807, 2.05) is 0 Å². The summed E-state index contributed by atoms with van der Waals surface area (Å²) < 4.78 is 26.1. The maximum Gasteiger partial charge on any atom is 0.182 e. The molecule has 1 aromatic rings. The Labute approximate surface area is 86.2 Å². The summed E-state index contributed by atoms with van der Waals surface area (Å²) in [5, 5.41) is 0. The van der Waals surface area contributed by atoms with E-state index in [0.29, 0.717) is 12.3 Å². The Hall–Kier alpha value is -1.09. The molecule has 1 aromatic carbocycles. The molecule has 0 aromatic heterocycles. The molecule has 0 unspecified atom stereocenters. The van der Waals surface area contributed by atoms with Crippen molar-refractivity contribution in [1.82, 2.24) is 0 Å². The van der Waals surface area contributed by atoms with Gasteiger partial charge in [0, 0.05) is 11.4 Å². The molecule has 0 fully saturated rings. The summed E-state index contributed by atoms with van der Waals surface area (Å²) in [4.78, 5) is 0. The first-order chi connectivity index (χ1) is 6.66. The number of hydrogen-bond acceptors (Lipinski definition) is 1. The van der Waals surface area contributed by atoms with Gasteiger partial charge in [0.1, 0.15) is 0 Å². The van der Waals surface area contributed by atoms with Crippen molar-refractivity contribution >= 4 is 23.4 Å². The summed E-state index contributed by atoms with van der Waals surface area (Å²) in [6.07, 6.45) is 3.79. The van der Waals surface area contributed by atoms with E-state index in [1.54, 1.807) is 6.08 Å². The topological polar surface area (TPSA) is 26.0 Å². The molecule has 0 aliphatic carbocycles. The van der Waals surface area contributed by atoms with Crippen molar-refractivity contribution in [3.8, 4) is 0 Å². The number of rotatable bonds is 3. The average Bonchev–Trinajstić information content (AvgIpc) is 2.18. The summed E-state index contributed by atoms with van der Waals surface area (Å²) in [5.41, 5.74) is 5.18. The van der Waals surface area contributed by atoms with Gasteiger partial charge in [-0.2, -0.15) is 0 Å². The maximum atomic E-state index is 13.2. The van der Waals surface area contributed by atoms with Crippen LogP contribution in [-0.2, 0) is 0 Å². The molecule has 0 amide bonds. The van der Waals surface area contributed by atoms with Gasteiger partial charge >= 0.3 is 0 Å². The molecule has 1 nitrogen and oxygen atoms in total. The van der Waals surface area contributed by atoms with Gasteiger partial charge in [0.15, 0.2) is 11.6 Å². The fourth-order valence-electron chi connectivity index (χ4n) is 0.981. The van der Waals surface area contributed by atoms with Crippen LogP contribution in [0.15, 0.2) is 18.2 Å². The summed E-state index contributed by atoms with van der Waals surface area (Å²) in [5.74, 6) is -1.47. The Morgan fingerprint density at radius 3 is 2.64 bits per heavy atom. The van der Waals surface area contributed by atoms with E-state index < -0.39 is 11.6 Å². The minimum Gasteiger partial charge on any atom is -0.396 e. The van der Waals surface area contributed by atoms with Gasteiger partial charge in [-0.3, -0.25) is 0 Å². The molecule has 0 saturated heterocycles. The van der Waals surface area contributed by atoms with Crippen LogP contribution in [0.1, 0.15) is 12.0 Å². The number of halogens is 3. The number of allylic oxidation sites excluding steroid dienone is 1. The Morgan fingerprint density at radius 1 is 1.29 bits per heavy atom. The smallest absolute Gasteiger partial charge is 0.182 e. The predicted octanol–water partition coefficient (Wildman–Crippen LogP) is 3.19. The quantitative estimate of drug-likeness (QED) is 0.611. The molecular formula is C10H10ClF2N. The fraction of sp³-hybridized carbons (Fsp3) is 0.200. The highest BCUT2D eigenvalue weighted by atomic mass is 35.5. The number of nitrogen functional groups attached to an aromatic ring is 1. The number of hydrogen-bond donors (Lipinski definition) is 1. The van der Waals surface area contributed by atoms with Crippen LogP contribution >= 0.6 is 11.6 Å². The van der Waals surface area contributed by atoms with E-state index in [1.165, 1.54) is 18.2 Å². The highest BCUT2D eigenvalue weighted by Crippen LogP contribution is 2.18. The van der Waals surface area contributed by atoms with Crippen LogP contribution in [-0.4, -0.2) is 5.88 Å². The molecule has 0 saturated carbocycles. The molecule has 0 bridgehead atoms. The average molecular weight is 218 g/mol. The van der Waals surface area contributed by atoms with Gasteiger partial charge in [0.2, 0.25) is 0 Å². The Balaban J connectivity index is 2.94. The Kier molecular flexibility index (Phi) is 3.89. The van der Waals surface area contributed by atoms with Crippen LogP contribution in [0.5, 0.6) is 0 Å². The van der Waals surface area contributed by atoms with E-state index in [2.05, 4.69) is 0 Å². The molecule has 0 aliphatic heterocycles. The zero-order valence-electron chi connectivity index (χ0n) is 7.43. The van der Waals surface area contributed by atoms with Crippen molar-refractivity contribution in [2.75, 3.05) is 11.6 Å². The van der Waals surface area contributed by atoms with Gasteiger partial charge in [0.05, 0.1) is 5.69 Å². The summed E-state index contributed by atoms with van der Waals surface area (Å²) in [6.45, 7) is 0. The summed E-state index contributed by atoms with van der Waals surface area (Å²) in [7, 11) is 0. The lowest BCUT2D eigenvalue weighted by Crippen LogP contribution is -1.96. The molecule has 1 rings (SSSR count). The lowest BCUT2D eigenvalue weighted by atomic mass is 10.1. The van der Waals surface area contributed by atoms with Gasteiger partial charge in [-0.15, -0.1) is 11.6 Å². The zero-order valence-corrected chi connectivity index (χ0v) is 8.19. The van der Waals surface area contributed by atoms with Crippen LogP contribution in [0.25, 0.3) is 6.08 Å². The minimum absolute atomic E-state index is 0.182. The van der Waals surface area contributed by atoms with Crippen molar-refractivity contribution < 1.29 is 8.78 Å². The number of anilines is 1. The van der Waals surface area contributed by atoms with Crippen molar-refractivity contribution in [3.63, 3.8) is 0 Å². The van der Waals surface area contributed by atoms with Crippen LogP contribution in [0.3, 0.4) is 0 Å². The second kappa shape index (κ2) is 4.96. The fourth-order valence-corrected chi connectivity index (χ4v) is 1.11. The van der Waals surface area contributed by atoms with Crippen molar-refractivity contribution in [2.24, 2.45) is 0 Å². The van der Waals surface area contributed by atoms with Crippen LogP contribution in [0.2, 0.25) is 0 Å². The molecule has 0 atom stereocenters. The predicted molar refractivity (Wildman–Crippen MR) is 55.1 cm³/mol. The zero-order chi connectivity index (χ0) is 10.6. The largest absolute Gasteiger partial charge is 0.396 e. The third kappa shape index (κ3) is 2.45. The summed E-state index contributed by atoms with van der Waals surface area (Å²) >= 11 is 5.42. The molecule has 0 heterocycles. The van der Waals surface area contributed by atoms with E-state index >= 15 is 0 Å². The first-order valence-corrected chi connectivity index (χ1v) is 4.66. The SMILES string of the molecule is Nc1ccc(C=CCCCl)c(F)c1F. The standard InChI is InChI=1S/C10H10ClF2N/c11-6-2-1-3-7-4-5-8(14)10(13)9(7)12/h1,3-5H,2,6,14H2. The maximum absolute atomic E-state index is 13.2. The molecule has 4 heteroatoms. The molecule has 14 heavy (non-hydrogen) atoms. The van der Waals surface area contributed by atoms with Gasteiger partial charge < -0.3 is 5.73 Å². The minimum atomic E-state index is -1.00. The molecule has 2 N–H and O–H groups in total. The van der Waals surface area contributed by atoms with Crippen molar-refractivity contribution in [1.29, 1.82) is 0 Å². The van der Waals surface area contributed by atoms with Crippen molar-refractivity contribution in [2.45, 2.75) is 6.42 Å². The second-order valence-electron chi connectivity index (χ2n) is 2.75. The monoisotopic (exact) mass is 217 g/mol. The van der Waals surface area contributed by atoms with Crippen LogP contribution < -0.4 is 5.73 Å². The molecule has 76 valence electrons. The molecule has 0 aliphatic rings. The summed E-state index contributed by atoms with van der Waals surface area (Å²) in [6, 6.07) is 2.76.